The maximum Gasteiger partial charge on any atom is 0.252 e. The number of hydrogen-bond acceptors (Lipinski definition) is 8. The zero-order valence-corrected chi connectivity index (χ0v) is 17.3. The van der Waals surface area contributed by atoms with Crippen LogP contribution in [0.2, 0.25) is 0 Å². The van der Waals surface area contributed by atoms with Crippen LogP contribution in [-0.2, 0) is 25.5 Å². The molecule has 4 rings (SSSR count). The summed E-state index contributed by atoms with van der Waals surface area (Å²) in [6, 6.07) is 3.27. The Morgan fingerprint density at radius 3 is 2.56 bits per heavy atom. The van der Waals surface area contributed by atoms with Gasteiger partial charge in [-0.05, 0) is 25.3 Å². The second-order valence-corrected chi connectivity index (χ2v) is 12.3. The first kappa shape index (κ1) is 19.0. The van der Waals surface area contributed by atoms with Crippen molar-refractivity contribution in [3.63, 3.8) is 0 Å². The largest absolute Gasteiger partial charge is 0.339 e. The number of fused-ring (bicyclic) bond motifs is 1. The molecule has 0 amide bonds. The van der Waals surface area contributed by atoms with Gasteiger partial charge in [-0.2, -0.15) is 9.29 Å². The Labute approximate surface area is 162 Å². The van der Waals surface area contributed by atoms with Gasteiger partial charge in [0.05, 0.1) is 11.2 Å². The van der Waals surface area contributed by atoms with E-state index < -0.39 is 25.5 Å². The van der Waals surface area contributed by atoms with E-state index in [0.717, 1.165) is 11.3 Å². The lowest BCUT2D eigenvalue weighted by Crippen LogP contribution is -2.41. The molecule has 27 heavy (non-hydrogen) atoms. The van der Waals surface area contributed by atoms with Crippen LogP contribution in [-0.4, -0.2) is 67.5 Å². The van der Waals surface area contributed by atoms with Gasteiger partial charge in [0.15, 0.2) is 5.82 Å². The molecule has 2 saturated heterocycles. The molecular formula is C15H20N4O5S3. The Morgan fingerprint density at radius 1 is 1.26 bits per heavy atom. The fourth-order valence-electron chi connectivity index (χ4n) is 3.89. The SMILES string of the molecule is CCS(=O)(=O)N1C[C@@H]2CN(S(=O)(=O)c3cccs3)C[C@]2(c2nc(C)no2)C1. The average molecular weight is 433 g/mol. The summed E-state index contributed by atoms with van der Waals surface area (Å²) in [4.78, 5) is 4.33. The molecule has 148 valence electrons. The highest BCUT2D eigenvalue weighted by Crippen LogP contribution is 2.46. The molecule has 0 radical (unpaired) electrons. The maximum absolute atomic E-state index is 13.0. The van der Waals surface area contributed by atoms with Crippen LogP contribution in [0.4, 0.5) is 0 Å². The van der Waals surface area contributed by atoms with Crippen molar-refractivity contribution in [2.75, 3.05) is 31.9 Å². The third-order valence-electron chi connectivity index (χ3n) is 5.35. The summed E-state index contributed by atoms with van der Waals surface area (Å²) in [7, 11) is -7.04. The third-order valence-corrected chi connectivity index (χ3v) is 10.3. The molecule has 2 fully saturated rings. The van der Waals surface area contributed by atoms with Crippen molar-refractivity contribution in [2.24, 2.45) is 5.92 Å². The molecule has 12 heteroatoms. The van der Waals surface area contributed by atoms with Crippen LogP contribution in [0.15, 0.2) is 26.2 Å². The quantitative estimate of drug-likeness (QED) is 0.682. The molecule has 0 unspecified atom stereocenters. The van der Waals surface area contributed by atoms with E-state index in [2.05, 4.69) is 10.1 Å². The van der Waals surface area contributed by atoms with Crippen LogP contribution in [0.5, 0.6) is 0 Å². The fourth-order valence-corrected chi connectivity index (χ4v) is 7.79. The monoisotopic (exact) mass is 432 g/mol. The predicted octanol–water partition coefficient (Wildman–Crippen LogP) is 0.663. The van der Waals surface area contributed by atoms with Gasteiger partial charge in [0, 0.05) is 32.1 Å². The molecule has 0 aromatic carbocycles. The van der Waals surface area contributed by atoms with Crippen LogP contribution in [0.1, 0.15) is 18.6 Å². The van der Waals surface area contributed by atoms with Crippen molar-refractivity contribution >= 4 is 31.4 Å². The summed E-state index contributed by atoms with van der Waals surface area (Å²) in [5, 5.41) is 5.56. The lowest BCUT2D eigenvalue weighted by Gasteiger charge is -2.25. The van der Waals surface area contributed by atoms with Gasteiger partial charge in [-0.15, -0.1) is 11.3 Å². The number of nitrogens with zero attached hydrogens (tertiary/aromatic N) is 4. The Kier molecular flexibility index (Phi) is 4.46. The summed E-state index contributed by atoms with van der Waals surface area (Å²) in [5.41, 5.74) is -0.826. The number of thiophene rings is 1. The zero-order chi connectivity index (χ0) is 19.4. The van der Waals surface area contributed by atoms with Gasteiger partial charge in [-0.1, -0.05) is 11.2 Å². The van der Waals surface area contributed by atoms with Gasteiger partial charge in [0.2, 0.25) is 15.9 Å². The van der Waals surface area contributed by atoms with Crippen LogP contribution in [0, 0.1) is 12.8 Å². The van der Waals surface area contributed by atoms with Crippen LogP contribution >= 0.6 is 11.3 Å². The zero-order valence-electron chi connectivity index (χ0n) is 14.9. The molecule has 4 heterocycles. The number of aryl methyl sites for hydroxylation is 1. The van der Waals surface area contributed by atoms with Crippen LogP contribution in [0.3, 0.4) is 0 Å². The number of aromatic nitrogens is 2. The Hall–Kier alpha value is -1.34. The van der Waals surface area contributed by atoms with Crippen molar-refractivity contribution < 1.29 is 21.4 Å². The lowest BCUT2D eigenvalue weighted by molar-refractivity contribution is 0.269. The average Bonchev–Trinajstić information content (AvgIpc) is 3.36. The van der Waals surface area contributed by atoms with Crippen LogP contribution < -0.4 is 0 Å². The van der Waals surface area contributed by atoms with E-state index in [1.807, 2.05) is 0 Å². The van der Waals surface area contributed by atoms with Gasteiger partial charge in [-0.25, -0.2) is 21.1 Å². The molecule has 0 saturated carbocycles. The number of sulfonamides is 2. The van der Waals surface area contributed by atoms with E-state index in [1.165, 1.54) is 8.61 Å². The molecule has 0 spiro atoms. The van der Waals surface area contributed by atoms with Gasteiger partial charge < -0.3 is 4.52 Å². The first-order valence-corrected chi connectivity index (χ1v) is 12.4. The molecule has 9 nitrogen and oxygen atoms in total. The molecule has 0 N–H and O–H groups in total. The second kappa shape index (κ2) is 6.34. The number of rotatable bonds is 5. The first-order valence-electron chi connectivity index (χ1n) is 8.51. The molecule has 2 atom stereocenters. The van der Waals surface area contributed by atoms with Gasteiger partial charge >= 0.3 is 0 Å². The Morgan fingerprint density at radius 2 is 1.96 bits per heavy atom. The Balaban J connectivity index is 1.73. The molecule has 2 aliphatic rings. The molecule has 0 aliphatic carbocycles. The smallest absolute Gasteiger partial charge is 0.252 e. The van der Waals surface area contributed by atoms with Crippen molar-refractivity contribution in [3.05, 3.63) is 29.2 Å². The van der Waals surface area contributed by atoms with E-state index >= 15 is 0 Å². The molecule has 0 bridgehead atoms. The van der Waals surface area contributed by atoms with Crippen molar-refractivity contribution in [2.45, 2.75) is 23.5 Å². The van der Waals surface area contributed by atoms with Gasteiger partial charge in [0.25, 0.3) is 10.0 Å². The van der Waals surface area contributed by atoms with E-state index in [4.69, 9.17) is 4.52 Å². The van der Waals surface area contributed by atoms with Crippen molar-refractivity contribution in [1.82, 2.24) is 18.8 Å². The normalized spacial score (nSPS) is 27.3. The van der Waals surface area contributed by atoms with E-state index in [0.29, 0.717) is 11.7 Å². The highest BCUT2D eigenvalue weighted by Gasteiger charge is 2.60. The predicted molar refractivity (Wildman–Crippen MR) is 98.3 cm³/mol. The Bertz CT molecular complexity index is 1050. The van der Waals surface area contributed by atoms with Crippen molar-refractivity contribution in [3.8, 4) is 0 Å². The minimum atomic E-state index is -3.64. The maximum atomic E-state index is 13.0. The second-order valence-electron chi connectivity index (χ2n) is 6.92. The minimum absolute atomic E-state index is 0.00410. The third kappa shape index (κ3) is 2.94. The summed E-state index contributed by atoms with van der Waals surface area (Å²) < 4.78 is 59.3. The summed E-state index contributed by atoms with van der Waals surface area (Å²) in [6.45, 7) is 4.01. The highest BCUT2D eigenvalue weighted by molar-refractivity contribution is 7.91. The van der Waals surface area contributed by atoms with Crippen LogP contribution in [0.25, 0.3) is 0 Å². The molecular weight excluding hydrogens is 412 g/mol. The molecule has 2 aromatic rings. The van der Waals surface area contributed by atoms with Crippen molar-refractivity contribution in [1.29, 1.82) is 0 Å². The van der Waals surface area contributed by atoms with E-state index in [9.17, 15) is 16.8 Å². The topological polar surface area (TPSA) is 114 Å². The lowest BCUT2D eigenvalue weighted by atomic mass is 9.81. The minimum Gasteiger partial charge on any atom is -0.339 e. The fraction of sp³-hybridized carbons (Fsp3) is 0.600. The van der Waals surface area contributed by atoms with E-state index in [-0.39, 0.29) is 42.1 Å². The highest BCUT2D eigenvalue weighted by atomic mass is 32.2. The summed E-state index contributed by atoms with van der Waals surface area (Å²) in [6.07, 6.45) is 0. The van der Waals surface area contributed by atoms with Gasteiger partial charge in [-0.3, -0.25) is 0 Å². The van der Waals surface area contributed by atoms with Gasteiger partial charge in [0.1, 0.15) is 4.21 Å². The molecule has 2 aromatic heterocycles. The first-order chi connectivity index (χ1) is 12.7. The summed E-state index contributed by atoms with van der Waals surface area (Å²) >= 11 is 1.16. The standard InChI is InChI=1S/C15H20N4O5S3/c1-3-26(20,21)18-7-12-8-19(27(22,23)13-5-4-6-25-13)10-15(12,9-18)14-16-11(2)17-24-14/h4-6,12H,3,7-10H2,1-2H3/t12-,15-/m1/s1. The van der Waals surface area contributed by atoms with E-state index in [1.54, 1.807) is 31.4 Å². The number of hydrogen-bond donors (Lipinski definition) is 0. The summed E-state index contributed by atoms with van der Waals surface area (Å²) in [5.74, 6) is 0.501. The molecule has 2 aliphatic heterocycles.